The Bertz CT molecular complexity index is 388. The van der Waals surface area contributed by atoms with Gasteiger partial charge in [0.1, 0.15) is 11.9 Å². The van der Waals surface area contributed by atoms with Crippen molar-refractivity contribution in [3.8, 4) is 5.75 Å². The third-order valence-corrected chi connectivity index (χ3v) is 3.15. The fourth-order valence-corrected chi connectivity index (χ4v) is 2.20. The van der Waals surface area contributed by atoms with Crippen LogP contribution in [-0.4, -0.2) is 12.1 Å². The first-order valence-electron chi connectivity index (χ1n) is 6.04. The molecule has 2 rings (SSSR count). The Morgan fingerprint density at radius 2 is 1.78 bits per heavy atom. The topological polar surface area (TPSA) is 35.2 Å². The first-order valence-corrected chi connectivity index (χ1v) is 6.04. The van der Waals surface area contributed by atoms with E-state index in [2.05, 4.69) is 0 Å². The molecule has 2 unspecified atom stereocenters. The lowest BCUT2D eigenvalue weighted by molar-refractivity contribution is -0.137. The van der Waals surface area contributed by atoms with Crippen LogP contribution in [0.3, 0.4) is 0 Å². The number of nitrogens with two attached hydrogens (primary N) is 1. The molecule has 5 heteroatoms. The van der Waals surface area contributed by atoms with E-state index in [4.69, 9.17) is 10.5 Å². The van der Waals surface area contributed by atoms with E-state index in [0.29, 0.717) is 5.75 Å². The van der Waals surface area contributed by atoms with Gasteiger partial charge in [-0.2, -0.15) is 13.2 Å². The van der Waals surface area contributed by atoms with Gasteiger partial charge in [0.05, 0.1) is 5.56 Å². The highest BCUT2D eigenvalue weighted by Gasteiger charge is 2.30. The molecule has 100 valence electrons. The smallest absolute Gasteiger partial charge is 0.416 e. The largest absolute Gasteiger partial charge is 0.490 e. The van der Waals surface area contributed by atoms with Crippen molar-refractivity contribution in [1.29, 1.82) is 0 Å². The zero-order chi connectivity index (χ0) is 13.2. The van der Waals surface area contributed by atoms with Crippen LogP contribution >= 0.6 is 0 Å². The van der Waals surface area contributed by atoms with Crippen LogP contribution in [0.25, 0.3) is 0 Å². The van der Waals surface area contributed by atoms with Crippen LogP contribution in [0.5, 0.6) is 5.75 Å². The SMILES string of the molecule is NC1CCCC(Oc2ccc(C(F)(F)F)cc2)C1. The molecule has 18 heavy (non-hydrogen) atoms. The lowest BCUT2D eigenvalue weighted by atomic mass is 9.93. The van der Waals surface area contributed by atoms with Crippen molar-refractivity contribution in [2.45, 2.75) is 44.0 Å². The molecule has 0 amide bonds. The fourth-order valence-electron chi connectivity index (χ4n) is 2.20. The van der Waals surface area contributed by atoms with Gasteiger partial charge in [-0.3, -0.25) is 0 Å². The summed E-state index contributed by atoms with van der Waals surface area (Å²) in [5.74, 6) is 0.474. The van der Waals surface area contributed by atoms with E-state index in [1.807, 2.05) is 0 Å². The van der Waals surface area contributed by atoms with E-state index in [9.17, 15) is 13.2 Å². The Morgan fingerprint density at radius 1 is 1.11 bits per heavy atom. The Balaban J connectivity index is 1.98. The summed E-state index contributed by atoms with van der Waals surface area (Å²) in [6.07, 6.45) is -0.605. The van der Waals surface area contributed by atoms with Crippen LogP contribution in [0.15, 0.2) is 24.3 Å². The number of hydrogen-bond donors (Lipinski definition) is 1. The van der Waals surface area contributed by atoms with Crippen molar-refractivity contribution < 1.29 is 17.9 Å². The summed E-state index contributed by atoms with van der Waals surface area (Å²) in [5.41, 5.74) is 5.17. The monoisotopic (exact) mass is 259 g/mol. The second kappa shape index (κ2) is 5.18. The number of rotatable bonds is 2. The molecule has 1 aromatic rings. The van der Waals surface area contributed by atoms with Crippen molar-refractivity contribution in [2.75, 3.05) is 0 Å². The van der Waals surface area contributed by atoms with Crippen LogP contribution in [0.4, 0.5) is 13.2 Å². The molecule has 1 aromatic carbocycles. The molecule has 0 radical (unpaired) electrons. The molecule has 0 aliphatic heterocycles. The minimum absolute atomic E-state index is 0.0190. The maximum Gasteiger partial charge on any atom is 0.416 e. The number of hydrogen-bond acceptors (Lipinski definition) is 2. The molecular formula is C13H16F3NO. The molecule has 1 aliphatic carbocycles. The van der Waals surface area contributed by atoms with E-state index in [1.165, 1.54) is 12.1 Å². The molecule has 2 nitrogen and oxygen atoms in total. The Hall–Kier alpha value is -1.23. The van der Waals surface area contributed by atoms with Gasteiger partial charge in [0.2, 0.25) is 0 Å². The van der Waals surface area contributed by atoms with Gasteiger partial charge in [0, 0.05) is 6.04 Å². The number of halogens is 3. The predicted molar refractivity (Wildman–Crippen MR) is 62.3 cm³/mol. The van der Waals surface area contributed by atoms with E-state index in [-0.39, 0.29) is 12.1 Å². The number of alkyl halides is 3. The van der Waals surface area contributed by atoms with Gasteiger partial charge in [-0.1, -0.05) is 0 Å². The lowest BCUT2D eigenvalue weighted by Crippen LogP contribution is -2.33. The highest BCUT2D eigenvalue weighted by Crippen LogP contribution is 2.31. The lowest BCUT2D eigenvalue weighted by Gasteiger charge is -2.27. The molecule has 1 fully saturated rings. The molecule has 2 N–H and O–H groups in total. The van der Waals surface area contributed by atoms with Crippen LogP contribution in [0.1, 0.15) is 31.2 Å². The molecule has 0 spiro atoms. The summed E-state index contributed by atoms with van der Waals surface area (Å²) in [6, 6.07) is 4.94. The van der Waals surface area contributed by atoms with Gasteiger partial charge in [-0.05, 0) is 49.9 Å². The zero-order valence-corrected chi connectivity index (χ0v) is 9.91. The summed E-state index contributed by atoms with van der Waals surface area (Å²) in [6.45, 7) is 0. The summed E-state index contributed by atoms with van der Waals surface area (Å²) in [5, 5.41) is 0. The van der Waals surface area contributed by atoms with Crippen LogP contribution < -0.4 is 10.5 Å². The first kappa shape index (κ1) is 13.2. The average molecular weight is 259 g/mol. The maximum atomic E-state index is 12.4. The van der Waals surface area contributed by atoms with Crippen molar-refractivity contribution in [1.82, 2.24) is 0 Å². The van der Waals surface area contributed by atoms with Crippen LogP contribution in [0.2, 0.25) is 0 Å². The maximum absolute atomic E-state index is 12.4. The minimum atomic E-state index is -4.30. The van der Waals surface area contributed by atoms with E-state index in [0.717, 1.165) is 37.8 Å². The van der Waals surface area contributed by atoms with Crippen molar-refractivity contribution in [2.24, 2.45) is 5.73 Å². The molecule has 0 bridgehead atoms. The van der Waals surface area contributed by atoms with Crippen molar-refractivity contribution >= 4 is 0 Å². The quantitative estimate of drug-likeness (QED) is 0.884. The fraction of sp³-hybridized carbons (Fsp3) is 0.538. The Kier molecular flexibility index (Phi) is 3.80. The molecule has 2 atom stereocenters. The van der Waals surface area contributed by atoms with Gasteiger partial charge < -0.3 is 10.5 Å². The van der Waals surface area contributed by atoms with Crippen molar-refractivity contribution in [3.63, 3.8) is 0 Å². The first-order chi connectivity index (χ1) is 8.45. The second-order valence-corrected chi connectivity index (χ2v) is 4.69. The highest BCUT2D eigenvalue weighted by molar-refractivity contribution is 5.29. The molecule has 0 saturated heterocycles. The number of ether oxygens (including phenoxy) is 1. The normalized spacial score (nSPS) is 24.9. The van der Waals surface area contributed by atoms with Gasteiger partial charge in [-0.15, -0.1) is 0 Å². The minimum Gasteiger partial charge on any atom is -0.490 e. The molecule has 1 saturated carbocycles. The van der Waals surface area contributed by atoms with Gasteiger partial charge in [0.25, 0.3) is 0 Å². The van der Waals surface area contributed by atoms with E-state index >= 15 is 0 Å². The van der Waals surface area contributed by atoms with E-state index in [1.54, 1.807) is 0 Å². The molecule has 0 heterocycles. The standard InChI is InChI=1S/C13H16F3NO/c14-13(15,16)9-4-6-11(7-5-9)18-12-3-1-2-10(17)8-12/h4-7,10,12H,1-3,8,17H2. The summed E-state index contributed by atoms with van der Waals surface area (Å²) >= 11 is 0. The van der Waals surface area contributed by atoms with E-state index < -0.39 is 11.7 Å². The molecule has 0 aromatic heterocycles. The molecular weight excluding hydrogens is 243 g/mol. The van der Waals surface area contributed by atoms with Crippen molar-refractivity contribution in [3.05, 3.63) is 29.8 Å². The molecule has 1 aliphatic rings. The second-order valence-electron chi connectivity index (χ2n) is 4.69. The van der Waals surface area contributed by atoms with Crippen LogP contribution in [0, 0.1) is 0 Å². The average Bonchev–Trinajstić information content (AvgIpc) is 2.28. The zero-order valence-electron chi connectivity index (χ0n) is 9.91. The third kappa shape index (κ3) is 3.38. The van der Waals surface area contributed by atoms with Gasteiger partial charge in [0.15, 0.2) is 0 Å². The van der Waals surface area contributed by atoms with Gasteiger partial charge in [-0.25, -0.2) is 0 Å². The third-order valence-electron chi connectivity index (χ3n) is 3.15. The van der Waals surface area contributed by atoms with Crippen LogP contribution in [-0.2, 0) is 6.18 Å². The van der Waals surface area contributed by atoms with Gasteiger partial charge >= 0.3 is 6.18 Å². The Morgan fingerprint density at radius 3 is 2.33 bits per heavy atom. The summed E-state index contributed by atoms with van der Waals surface area (Å²) < 4.78 is 42.8. The summed E-state index contributed by atoms with van der Waals surface area (Å²) in [4.78, 5) is 0. The number of benzene rings is 1. The Labute approximate surface area is 104 Å². The summed E-state index contributed by atoms with van der Waals surface area (Å²) in [7, 11) is 0. The highest BCUT2D eigenvalue weighted by atomic mass is 19.4. The predicted octanol–water partition coefficient (Wildman–Crippen LogP) is 3.35.